The summed E-state index contributed by atoms with van der Waals surface area (Å²) in [6.45, 7) is 1.80. The van der Waals surface area contributed by atoms with Crippen LogP contribution in [0.25, 0.3) is 0 Å². The Labute approximate surface area is 141 Å². The Kier molecular flexibility index (Phi) is 6.20. The quantitative estimate of drug-likeness (QED) is 0.670. The fourth-order valence-corrected chi connectivity index (χ4v) is 4.55. The van der Waals surface area contributed by atoms with E-state index in [1.807, 2.05) is 0 Å². The van der Waals surface area contributed by atoms with Crippen LogP contribution in [0.4, 0.5) is 0 Å². The third-order valence-corrected chi connectivity index (χ3v) is 6.02. The zero-order valence-corrected chi connectivity index (χ0v) is 14.6. The molecule has 2 aliphatic heterocycles. The molecule has 8 nitrogen and oxygen atoms in total. The van der Waals surface area contributed by atoms with Gasteiger partial charge in [-0.1, -0.05) is 6.42 Å². The van der Waals surface area contributed by atoms with Gasteiger partial charge >= 0.3 is 5.97 Å². The van der Waals surface area contributed by atoms with E-state index in [-0.39, 0.29) is 24.0 Å². The number of likely N-dealkylation sites (tertiary alicyclic amines) is 1. The lowest BCUT2D eigenvalue weighted by molar-refractivity contribution is -0.157. The van der Waals surface area contributed by atoms with Gasteiger partial charge in [0, 0.05) is 19.0 Å². The van der Waals surface area contributed by atoms with E-state index in [1.165, 1.54) is 11.8 Å². The average Bonchev–Trinajstić information content (AvgIpc) is 2.70. The summed E-state index contributed by atoms with van der Waals surface area (Å²) in [5, 5.41) is 2.59. The Morgan fingerprint density at radius 1 is 1.33 bits per heavy atom. The monoisotopic (exact) mass is 360 g/mol. The molecule has 0 aromatic heterocycles. The highest BCUT2D eigenvalue weighted by Gasteiger charge is 2.31. The van der Waals surface area contributed by atoms with Crippen molar-refractivity contribution in [2.75, 3.05) is 24.6 Å². The standard InChI is InChI=1S/C15H24N2O6S/c1-11(15(20)16-12-6-8-24(21,22)10-12)23-14(19)9-17-7-4-2-3-5-13(17)18/h11-12H,2-10H2,1H3,(H,16,20)/t11-,12-/m0/s1. The summed E-state index contributed by atoms with van der Waals surface area (Å²) in [5.74, 6) is -1.25. The van der Waals surface area contributed by atoms with Gasteiger partial charge in [0.25, 0.3) is 5.91 Å². The number of nitrogens with one attached hydrogen (secondary N) is 1. The predicted octanol–water partition coefficient (Wildman–Crippen LogP) is -0.376. The Bertz CT molecular complexity index is 603. The molecule has 0 spiro atoms. The Morgan fingerprint density at radius 3 is 2.75 bits per heavy atom. The summed E-state index contributed by atoms with van der Waals surface area (Å²) in [6, 6.07) is -0.434. The first-order chi connectivity index (χ1) is 11.3. The van der Waals surface area contributed by atoms with Gasteiger partial charge in [0.15, 0.2) is 15.9 Å². The van der Waals surface area contributed by atoms with E-state index < -0.39 is 33.9 Å². The average molecular weight is 360 g/mol. The number of carbonyl (C=O) groups excluding carboxylic acids is 3. The number of nitrogens with zero attached hydrogens (tertiary/aromatic N) is 1. The number of ether oxygens (including phenoxy) is 1. The maximum Gasteiger partial charge on any atom is 0.326 e. The smallest absolute Gasteiger partial charge is 0.326 e. The molecule has 0 saturated carbocycles. The molecule has 2 aliphatic rings. The van der Waals surface area contributed by atoms with Gasteiger partial charge in [0.2, 0.25) is 5.91 Å². The highest BCUT2D eigenvalue weighted by atomic mass is 32.2. The molecule has 2 fully saturated rings. The predicted molar refractivity (Wildman–Crippen MR) is 85.8 cm³/mol. The summed E-state index contributed by atoms with van der Waals surface area (Å²) >= 11 is 0. The lowest BCUT2D eigenvalue weighted by Gasteiger charge is -2.21. The second-order valence-corrected chi connectivity index (χ2v) is 8.60. The second kappa shape index (κ2) is 7.96. The van der Waals surface area contributed by atoms with Gasteiger partial charge < -0.3 is 15.0 Å². The van der Waals surface area contributed by atoms with E-state index in [0.717, 1.165) is 19.3 Å². The van der Waals surface area contributed by atoms with E-state index in [9.17, 15) is 22.8 Å². The minimum absolute atomic E-state index is 0.0587. The lowest BCUT2D eigenvalue weighted by atomic mass is 10.2. The fourth-order valence-electron chi connectivity index (χ4n) is 2.88. The van der Waals surface area contributed by atoms with E-state index in [4.69, 9.17) is 4.74 Å². The van der Waals surface area contributed by atoms with Gasteiger partial charge in [-0.2, -0.15) is 0 Å². The van der Waals surface area contributed by atoms with Crippen molar-refractivity contribution in [1.82, 2.24) is 10.2 Å². The van der Waals surface area contributed by atoms with Crippen LogP contribution in [0, 0.1) is 0 Å². The molecule has 2 rings (SSSR count). The van der Waals surface area contributed by atoms with Crippen LogP contribution in [0.5, 0.6) is 0 Å². The van der Waals surface area contributed by atoms with Crippen molar-refractivity contribution < 1.29 is 27.5 Å². The second-order valence-electron chi connectivity index (χ2n) is 6.37. The molecular formula is C15H24N2O6S. The molecule has 2 amide bonds. The molecule has 2 atom stereocenters. The SMILES string of the molecule is C[C@H](OC(=O)CN1CCCCCC1=O)C(=O)N[C@H]1CCS(=O)(=O)C1. The Morgan fingerprint density at radius 2 is 2.08 bits per heavy atom. The molecule has 2 saturated heterocycles. The van der Waals surface area contributed by atoms with E-state index >= 15 is 0 Å². The maximum atomic E-state index is 12.0. The number of sulfone groups is 1. The van der Waals surface area contributed by atoms with Crippen molar-refractivity contribution in [3.63, 3.8) is 0 Å². The van der Waals surface area contributed by atoms with Crippen molar-refractivity contribution in [3.8, 4) is 0 Å². The normalized spacial score (nSPS) is 25.0. The van der Waals surface area contributed by atoms with Crippen molar-refractivity contribution in [3.05, 3.63) is 0 Å². The van der Waals surface area contributed by atoms with Gasteiger partial charge in [0.05, 0.1) is 11.5 Å². The van der Waals surface area contributed by atoms with Crippen LogP contribution in [0.1, 0.15) is 39.0 Å². The minimum atomic E-state index is -3.09. The van der Waals surface area contributed by atoms with Crippen LogP contribution in [0.2, 0.25) is 0 Å². The van der Waals surface area contributed by atoms with Gasteiger partial charge in [0.1, 0.15) is 6.54 Å². The molecule has 0 aliphatic carbocycles. The highest BCUT2D eigenvalue weighted by Crippen LogP contribution is 2.13. The Hall–Kier alpha value is -1.64. The van der Waals surface area contributed by atoms with Crippen LogP contribution < -0.4 is 5.32 Å². The minimum Gasteiger partial charge on any atom is -0.451 e. The molecule has 136 valence electrons. The molecule has 0 radical (unpaired) electrons. The molecule has 1 N–H and O–H groups in total. The molecule has 9 heteroatoms. The molecule has 0 unspecified atom stereocenters. The molecule has 0 aromatic carbocycles. The van der Waals surface area contributed by atoms with E-state index in [1.54, 1.807) is 0 Å². The number of carbonyl (C=O) groups is 3. The largest absolute Gasteiger partial charge is 0.451 e. The summed E-state index contributed by atoms with van der Waals surface area (Å²) in [4.78, 5) is 37.2. The third-order valence-electron chi connectivity index (χ3n) is 4.25. The fraction of sp³-hybridized carbons (Fsp3) is 0.800. The number of amides is 2. The number of esters is 1. The zero-order valence-electron chi connectivity index (χ0n) is 13.8. The summed E-state index contributed by atoms with van der Waals surface area (Å²) in [6.07, 6.45) is 2.41. The number of hydrogen-bond donors (Lipinski definition) is 1. The van der Waals surface area contributed by atoms with Gasteiger partial charge in [-0.15, -0.1) is 0 Å². The van der Waals surface area contributed by atoms with Crippen molar-refractivity contribution in [2.45, 2.75) is 51.2 Å². The van der Waals surface area contributed by atoms with Crippen molar-refractivity contribution >= 4 is 27.6 Å². The zero-order chi connectivity index (χ0) is 17.7. The van der Waals surface area contributed by atoms with Crippen LogP contribution in [0.3, 0.4) is 0 Å². The van der Waals surface area contributed by atoms with Crippen LogP contribution in [0.15, 0.2) is 0 Å². The molecular weight excluding hydrogens is 336 g/mol. The van der Waals surface area contributed by atoms with E-state index in [0.29, 0.717) is 19.4 Å². The highest BCUT2D eigenvalue weighted by molar-refractivity contribution is 7.91. The molecule has 0 aromatic rings. The van der Waals surface area contributed by atoms with Crippen LogP contribution in [-0.2, 0) is 29.0 Å². The summed E-state index contributed by atoms with van der Waals surface area (Å²) in [7, 11) is -3.09. The van der Waals surface area contributed by atoms with Crippen LogP contribution in [-0.4, -0.2) is 67.8 Å². The van der Waals surface area contributed by atoms with Crippen molar-refractivity contribution in [1.29, 1.82) is 0 Å². The first-order valence-electron chi connectivity index (χ1n) is 8.25. The molecule has 2 heterocycles. The first-order valence-corrected chi connectivity index (χ1v) is 10.1. The van der Waals surface area contributed by atoms with Crippen LogP contribution >= 0.6 is 0 Å². The summed E-state index contributed by atoms with van der Waals surface area (Å²) < 4.78 is 27.8. The number of rotatable bonds is 5. The van der Waals surface area contributed by atoms with Crippen molar-refractivity contribution in [2.24, 2.45) is 0 Å². The lowest BCUT2D eigenvalue weighted by Crippen LogP contribution is -2.44. The van der Waals surface area contributed by atoms with Gasteiger partial charge in [-0.25, -0.2) is 8.42 Å². The topological polar surface area (TPSA) is 110 Å². The van der Waals surface area contributed by atoms with Gasteiger partial charge in [-0.05, 0) is 26.2 Å². The van der Waals surface area contributed by atoms with E-state index in [2.05, 4.69) is 5.32 Å². The summed E-state index contributed by atoms with van der Waals surface area (Å²) in [5.41, 5.74) is 0. The van der Waals surface area contributed by atoms with Gasteiger partial charge in [-0.3, -0.25) is 14.4 Å². The maximum absolute atomic E-state index is 12.0. The Balaban J connectivity index is 1.78. The molecule has 24 heavy (non-hydrogen) atoms. The third kappa shape index (κ3) is 5.47. The first kappa shape index (κ1) is 18.7. The molecule has 0 bridgehead atoms. The number of hydrogen-bond acceptors (Lipinski definition) is 6.